The number of hydrogen-bond acceptors (Lipinski definition) is 5. The lowest BCUT2D eigenvalue weighted by Gasteiger charge is -2.09. The van der Waals surface area contributed by atoms with E-state index >= 15 is 0 Å². The summed E-state index contributed by atoms with van der Waals surface area (Å²) in [6, 6.07) is 1.78. The van der Waals surface area contributed by atoms with Crippen molar-refractivity contribution < 1.29 is 9.53 Å². The number of aromatic nitrogens is 3. The third-order valence-corrected chi connectivity index (χ3v) is 4.10. The molecule has 2 aromatic rings. The highest BCUT2D eigenvalue weighted by molar-refractivity contribution is 7.98. The van der Waals surface area contributed by atoms with Gasteiger partial charge >= 0.3 is 0 Å². The number of carbonyl (C=O) groups is 1. The summed E-state index contributed by atoms with van der Waals surface area (Å²) in [5, 5.41) is 7.20. The van der Waals surface area contributed by atoms with Gasteiger partial charge in [-0.3, -0.25) is 9.78 Å². The average Bonchev–Trinajstić information content (AvgIpc) is 2.88. The molecule has 1 atom stereocenters. The molecule has 2 rings (SSSR count). The zero-order valence-corrected chi connectivity index (χ0v) is 14.1. The predicted molar refractivity (Wildman–Crippen MR) is 89.1 cm³/mol. The van der Waals surface area contributed by atoms with Crippen molar-refractivity contribution in [2.24, 2.45) is 5.92 Å². The highest BCUT2D eigenvalue weighted by atomic mass is 35.5. The Hall–Kier alpha value is -1.73. The first-order chi connectivity index (χ1) is 10.5. The van der Waals surface area contributed by atoms with Gasteiger partial charge in [0.2, 0.25) is 5.91 Å². The number of carbonyl (C=O) groups excluding carboxylic acids is 1. The van der Waals surface area contributed by atoms with Crippen molar-refractivity contribution >= 4 is 35.0 Å². The zero-order valence-electron chi connectivity index (χ0n) is 12.5. The third kappa shape index (κ3) is 3.92. The van der Waals surface area contributed by atoms with E-state index in [2.05, 4.69) is 15.4 Å². The number of amides is 1. The van der Waals surface area contributed by atoms with E-state index in [0.29, 0.717) is 17.1 Å². The number of pyridine rings is 1. The molecule has 22 heavy (non-hydrogen) atoms. The molecule has 0 aromatic carbocycles. The summed E-state index contributed by atoms with van der Waals surface area (Å²) in [7, 11) is 1.57. The van der Waals surface area contributed by atoms with Gasteiger partial charge in [0.15, 0.2) is 5.15 Å². The molecule has 0 aliphatic carbocycles. The summed E-state index contributed by atoms with van der Waals surface area (Å²) < 4.78 is 6.68. The standard InChI is InChI=1S/C14H17ClN4O2S/c1-9(8-22-3)14(20)17-12-7-19(18-13(12)15)10-4-11(21-2)6-16-5-10/h4-7,9H,8H2,1-3H3,(H,17,20). The van der Waals surface area contributed by atoms with E-state index in [9.17, 15) is 4.79 Å². The number of rotatable bonds is 6. The maximum atomic E-state index is 12.0. The SMILES string of the molecule is COc1cncc(-n2cc(NC(=O)C(C)CSC)c(Cl)n2)c1. The quantitative estimate of drug-likeness (QED) is 0.875. The Morgan fingerprint density at radius 2 is 2.32 bits per heavy atom. The number of nitrogens with zero attached hydrogens (tertiary/aromatic N) is 3. The zero-order chi connectivity index (χ0) is 16.1. The first-order valence-electron chi connectivity index (χ1n) is 6.59. The molecule has 0 aliphatic heterocycles. The molecular formula is C14H17ClN4O2S. The van der Waals surface area contributed by atoms with Crippen LogP contribution in [0.3, 0.4) is 0 Å². The summed E-state index contributed by atoms with van der Waals surface area (Å²) >= 11 is 7.71. The predicted octanol–water partition coefficient (Wildman–Crippen LogP) is 2.87. The second-order valence-electron chi connectivity index (χ2n) is 4.71. The van der Waals surface area contributed by atoms with Gasteiger partial charge in [0.1, 0.15) is 5.75 Å². The lowest BCUT2D eigenvalue weighted by Crippen LogP contribution is -2.21. The number of anilines is 1. The van der Waals surface area contributed by atoms with E-state index in [-0.39, 0.29) is 17.0 Å². The summed E-state index contributed by atoms with van der Waals surface area (Å²) in [5.41, 5.74) is 1.17. The monoisotopic (exact) mass is 340 g/mol. The Balaban J connectivity index is 2.19. The summed E-state index contributed by atoms with van der Waals surface area (Å²) in [6.07, 6.45) is 6.85. The molecule has 0 saturated heterocycles. The maximum absolute atomic E-state index is 12.0. The van der Waals surface area contributed by atoms with Gasteiger partial charge in [-0.25, -0.2) is 4.68 Å². The molecule has 118 valence electrons. The maximum Gasteiger partial charge on any atom is 0.228 e. The third-order valence-electron chi connectivity index (χ3n) is 2.99. The van der Waals surface area contributed by atoms with E-state index in [4.69, 9.17) is 16.3 Å². The second-order valence-corrected chi connectivity index (χ2v) is 5.98. The van der Waals surface area contributed by atoms with Crippen molar-refractivity contribution in [1.29, 1.82) is 0 Å². The van der Waals surface area contributed by atoms with Crippen LogP contribution in [-0.2, 0) is 4.79 Å². The van der Waals surface area contributed by atoms with Crippen molar-refractivity contribution in [1.82, 2.24) is 14.8 Å². The number of hydrogen-bond donors (Lipinski definition) is 1. The van der Waals surface area contributed by atoms with E-state index < -0.39 is 0 Å². The summed E-state index contributed by atoms with van der Waals surface area (Å²) in [4.78, 5) is 16.1. The van der Waals surface area contributed by atoms with Crippen LogP contribution in [0, 0.1) is 5.92 Å². The van der Waals surface area contributed by atoms with Gasteiger partial charge in [0.05, 0.1) is 37.1 Å². The van der Waals surface area contributed by atoms with Gasteiger partial charge in [-0.15, -0.1) is 0 Å². The summed E-state index contributed by atoms with van der Waals surface area (Å²) in [6.45, 7) is 1.87. The van der Waals surface area contributed by atoms with Crippen LogP contribution in [0.5, 0.6) is 5.75 Å². The first kappa shape index (κ1) is 16.6. The van der Waals surface area contributed by atoms with Gasteiger partial charge in [-0.2, -0.15) is 16.9 Å². The van der Waals surface area contributed by atoms with Gasteiger partial charge in [-0.05, 0) is 6.26 Å². The van der Waals surface area contributed by atoms with Crippen LogP contribution < -0.4 is 10.1 Å². The molecule has 6 nitrogen and oxygen atoms in total. The highest BCUT2D eigenvalue weighted by Gasteiger charge is 2.16. The van der Waals surface area contributed by atoms with Crippen LogP contribution in [0.15, 0.2) is 24.7 Å². The molecule has 0 fully saturated rings. The smallest absolute Gasteiger partial charge is 0.228 e. The van der Waals surface area contributed by atoms with E-state index in [1.165, 1.54) is 0 Å². The van der Waals surface area contributed by atoms with Gasteiger partial charge < -0.3 is 10.1 Å². The molecule has 0 spiro atoms. The highest BCUT2D eigenvalue weighted by Crippen LogP contribution is 2.23. The Labute approximate surface area is 138 Å². The normalized spacial score (nSPS) is 12.0. The van der Waals surface area contributed by atoms with Crippen molar-refractivity contribution in [2.45, 2.75) is 6.92 Å². The minimum atomic E-state index is -0.104. The fourth-order valence-corrected chi connectivity index (χ4v) is 2.62. The topological polar surface area (TPSA) is 69.0 Å². The lowest BCUT2D eigenvalue weighted by molar-refractivity contribution is -0.118. The number of ether oxygens (including phenoxy) is 1. The minimum absolute atomic E-state index is 0.0837. The number of halogens is 1. The molecule has 2 heterocycles. The number of thioether (sulfide) groups is 1. The van der Waals surface area contributed by atoms with Gasteiger partial charge in [0, 0.05) is 17.7 Å². The molecule has 2 aromatic heterocycles. The fourth-order valence-electron chi connectivity index (χ4n) is 1.79. The van der Waals surface area contributed by atoms with Crippen molar-refractivity contribution in [3.8, 4) is 11.4 Å². The molecule has 0 bridgehead atoms. The van der Waals surface area contributed by atoms with Crippen molar-refractivity contribution in [3.05, 3.63) is 29.8 Å². The Morgan fingerprint density at radius 1 is 1.55 bits per heavy atom. The average molecular weight is 341 g/mol. The molecule has 0 aliphatic rings. The second kappa shape index (κ2) is 7.51. The minimum Gasteiger partial charge on any atom is -0.495 e. The largest absolute Gasteiger partial charge is 0.495 e. The molecule has 1 amide bonds. The number of methoxy groups -OCH3 is 1. The van der Waals surface area contributed by atoms with Crippen LogP contribution in [0.2, 0.25) is 5.15 Å². The lowest BCUT2D eigenvalue weighted by atomic mass is 10.2. The van der Waals surface area contributed by atoms with Crippen LogP contribution in [0.4, 0.5) is 5.69 Å². The summed E-state index contributed by atoms with van der Waals surface area (Å²) in [5.74, 6) is 1.17. The fraction of sp³-hybridized carbons (Fsp3) is 0.357. The molecule has 8 heteroatoms. The number of nitrogens with one attached hydrogen (secondary N) is 1. The van der Waals surface area contributed by atoms with Crippen molar-refractivity contribution in [2.75, 3.05) is 24.4 Å². The van der Waals surface area contributed by atoms with Crippen molar-refractivity contribution in [3.63, 3.8) is 0 Å². The molecule has 0 saturated carbocycles. The Bertz CT molecular complexity index is 662. The van der Waals surface area contributed by atoms with Crippen LogP contribution in [0.25, 0.3) is 5.69 Å². The van der Waals surface area contributed by atoms with E-state index in [1.807, 2.05) is 13.2 Å². The molecule has 1 unspecified atom stereocenters. The first-order valence-corrected chi connectivity index (χ1v) is 8.36. The molecule has 0 radical (unpaired) electrons. The van der Waals surface area contributed by atoms with E-state index in [1.54, 1.807) is 48.2 Å². The molecular weight excluding hydrogens is 324 g/mol. The Morgan fingerprint density at radius 3 is 3.00 bits per heavy atom. The van der Waals surface area contributed by atoms with E-state index in [0.717, 1.165) is 5.75 Å². The van der Waals surface area contributed by atoms with Gasteiger partial charge in [0.25, 0.3) is 0 Å². The Kier molecular flexibility index (Phi) is 5.68. The van der Waals surface area contributed by atoms with Gasteiger partial charge in [-0.1, -0.05) is 18.5 Å². The van der Waals surface area contributed by atoms with Crippen LogP contribution in [0.1, 0.15) is 6.92 Å². The van der Waals surface area contributed by atoms with Crippen LogP contribution in [-0.4, -0.2) is 39.8 Å². The molecule has 1 N–H and O–H groups in total. The van der Waals surface area contributed by atoms with Crippen LogP contribution >= 0.6 is 23.4 Å².